The van der Waals surface area contributed by atoms with Crippen LogP contribution in [0.2, 0.25) is 0 Å². The van der Waals surface area contributed by atoms with Gasteiger partial charge in [0.15, 0.2) is 0 Å². The average molecular weight is 365 g/mol. The number of pyridine rings is 1. The van der Waals surface area contributed by atoms with E-state index in [0.29, 0.717) is 29.8 Å². The van der Waals surface area contributed by atoms with E-state index >= 15 is 0 Å². The molecule has 0 bridgehead atoms. The quantitative estimate of drug-likeness (QED) is 0.375. The molecule has 138 valence electrons. The molecule has 1 amide bonds. The molecule has 0 radical (unpaired) electrons. The van der Waals surface area contributed by atoms with Crippen LogP contribution in [0.3, 0.4) is 0 Å². The number of anilines is 1. The van der Waals surface area contributed by atoms with E-state index in [-0.39, 0.29) is 11.6 Å². The highest BCUT2D eigenvalue weighted by Gasteiger charge is 2.02. The molecule has 2 rings (SSSR count). The Hall–Kier alpha value is -3.67. The van der Waals surface area contributed by atoms with E-state index in [1.807, 2.05) is 0 Å². The summed E-state index contributed by atoms with van der Waals surface area (Å²) >= 11 is 0. The first-order valence-corrected chi connectivity index (χ1v) is 8.10. The van der Waals surface area contributed by atoms with Crippen LogP contribution in [0.5, 0.6) is 0 Å². The van der Waals surface area contributed by atoms with E-state index in [1.165, 1.54) is 30.6 Å². The number of aliphatic hydroxyl groups excluding tert-OH is 1. The number of rotatable bonds is 8. The largest absolute Gasteiger partial charge is 0.507 e. The third-order valence-corrected chi connectivity index (χ3v) is 3.55. The van der Waals surface area contributed by atoms with Crippen molar-refractivity contribution in [3.05, 3.63) is 95.6 Å². The number of nitrogens with zero attached hydrogens (tertiary/aromatic N) is 1. The highest BCUT2D eigenvalue weighted by Crippen LogP contribution is 2.18. The second-order valence-electron chi connectivity index (χ2n) is 5.72. The van der Waals surface area contributed by atoms with Gasteiger partial charge in [-0.1, -0.05) is 30.9 Å². The van der Waals surface area contributed by atoms with Crippen LogP contribution in [-0.2, 0) is 4.79 Å². The first kappa shape index (κ1) is 19.7. The van der Waals surface area contributed by atoms with Crippen LogP contribution in [-0.4, -0.2) is 16.5 Å². The highest BCUT2D eigenvalue weighted by molar-refractivity contribution is 5.62. The van der Waals surface area contributed by atoms with Crippen molar-refractivity contribution in [3.8, 4) is 0 Å². The Morgan fingerprint density at radius 2 is 2.00 bits per heavy atom. The molecule has 1 aromatic carbocycles. The summed E-state index contributed by atoms with van der Waals surface area (Å²) < 4.78 is 13.0. The molecule has 5 nitrogen and oxygen atoms in total. The average Bonchev–Trinajstić information content (AvgIpc) is 2.65. The number of nitrogens with two attached hydrogens (primary N) is 1. The summed E-state index contributed by atoms with van der Waals surface area (Å²) in [6, 6.07) is 9.27. The molecule has 0 aliphatic rings. The van der Waals surface area contributed by atoms with Crippen molar-refractivity contribution >= 4 is 24.1 Å². The maximum absolute atomic E-state index is 13.0. The molecule has 0 spiro atoms. The molecule has 1 heterocycles. The van der Waals surface area contributed by atoms with Crippen molar-refractivity contribution in [2.75, 3.05) is 5.73 Å². The molecule has 27 heavy (non-hydrogen) atoms. The van der Waals surface area contributed by atoms with Gasteiger partial charge in [0.25, 0.3) is 0 Å². The SMILES string of the molecule is C=C(/C=C(\O)c1ccc(N)nc1)CC(/C=C\c1ccc(F)cc1)=C/NC=O. The van der Waals surface area contributed by atoms with Crippen LogP contribution < -0.4 is 11.1 Å². The number of allylic oxidation sites excluding steroid dienone is 4. The Labute approximate surface area is 157 Å². The minimum Gasteiger partial charge on any atom is -0.507 e. The summed E-state index contributed by atoms with van der Waals surface area (Å²) in [7, 11) is 0. The molecule has 0 aliphatic carbocycles. The molecule has 2 aromatic rings. The van der Waals surface area contributed by atoms with Crippen LogP contribution in [0.25, 0.3) is 11.8 Å². The van der Waals surface area contributed by atoms with Crippen LogP contribution in [0.1, 0.15) is 17.5 Å². The van der Waals surface area contributed by atoms with E-state index in [9.17, 15) is 14.3 Å². The normalized spacial score (nSPS) is 12.2. The Bertz CT molecular complexity index is 883. The fourth-order valence-electron chi connectivity index (χ4n) is 2.22. The van der Waals surface area contributed by atoms with Gasteiger partial charge < -0.3 is 16.2 Å². The highest BCUT2D eigenvalue weighted by atomic mass is 19.1. The van der Waals surface area contributed by atoms with E-state index in [4.69, 9.17) is 5.73 Å². The Morgan fingerprint density at radius 3 is 2.63 bits per heavy atom. The first-order valence-electron chi connectivity index (χ1n) is 8.10. The predicted octanol–water partition coefficient (Wildman–Crippen LogP) is 3.99. The topological polar surface area (TPSA) is 88.2 Å². The van der Waals surface area contributed by atoms with Crippen molar-refractivity contribution in [1.82, 2.24) is 10.3 Å². The van der Waals surface area contributed by atoms with Gasteiger partial charge in [-0.05, 0) is 53.5 Å². The number of aromatic nitrogens is 1. The second-order valence-corrected chi connectivity index (χ2v) is 5.72. The summed E-state index contributed by atoms with van der Waals surface area (Å²) in [5, 5.41) is 12.7. The van der Waals surface area contributed by atoms with Crippen molar-refractivity contribution in [2.24, 2.45) is 0 Å². The number of nitrogen functional groups attached to an aromatic ring is 1. The van der Waals surface area contributed by atoms with Gasteiger partial charge >= 0.3 is 0 Å². The van der Waals surface area contributed by atoms with Gasteiger partial charge in [-0.2, -0.15) is 0 Å². The molecule has 6 heteroatoms. The Balaban J connectivity index is 2.11. The van der Waals surface area contributed by atoms with Crippen LogP contribution >= 0.6 is 0 Å². The summed E-state index contributed by atoms with van der Waals surface area (Å²) in [4.78, 5) is 14.5. The molecule has 1 aromatic heterocycles. The lowest BCUT2D eigenvalue weighted by Crippen LogP contribution is -2.01. The smallest absolute Gasteiger partial charge is 0.211 e. The number of nitrogens with one attached hydrogen (secondary N) is 1. The molecule has 0 fully saturated rings. The number of hydrogen-bond donors (Lipinski definition) is 3. The number of carbonyl (C=O) groups excluding carboxylic acids is 1. The lowest BCUT2D eigenvalue weighted by Gasteiger charge is -2.05. The van der Waals surface area contributed by atoms with Gasteiger partial charge in [0.2, 0.25) is 6.41 Å². The Morgan fingerprint density at radius 1 is 1.26 bits per heavy atom. The summed E-state index contributed by atoms with van der Waals surface area (Å²) in [6.45, 7) is 3.93. The molecule has 0 aliphatic heterocycles. The van der Waals surface area contributed by atoms with Crippen molar-refractivity contribution in [2.45, 2.75) is 6.42 Å². The zero-order valence-electron chi connectivity index (χ0n) is 14.6. The van der Waals surface area contributed by atoms with E-state index < -0.39 is 0 Å². The summed E-state index contributed by atoms with van der Waals surface area (Å²) in [5.41, 5.74) is 8.22. The molecular weight excluding hydrogens is 345 g/mol. The van der Waals surface area contributed by atoms with Gasteiger partial charge in [-0.25, -0.2) is 9.37 Å². The maximum Gasteiger partial charge on any atom is 0.211 e. The minimum atomic E-state index is -0.309. The third-order valence-electron chi connectivity index (χ3n) is 3.55. The zero-order valence-corrected chi connectivity index (χ0v) is 14.6. The van der Waals surface area contributed by atoms with Crippen molar-refractivity contribution in [1.29, 1.82) is 0 Å². The first-order chi connectivity index (χ1) is 13.0. The lowest BCUT2D eigenvalue weighted by atomic mass is 10.0. The molecule has 0 atom stereocenters. The summed E-state index contributed by atoms with van der Waals surface area (Å²) in [5.74, 6) is 0.0656. The van der Waals surface area contributed by atoms with Crippen molar-refractivity contribution in [3.63, 3.8) is 0 Å². The molecular formula is C21H20FN3O2. The summed E-state index contributed by atoms with van der Waals surface area (Å²) in [6.07, 6.45) is 9.03. The minimum absolute atomic E-state index is 0.0118. The van der Waals surface area contributed by atoms with Gasteiger partial charge in [0.05, 0.1) is 0 Å². The number of amides is 1. The lowest BCUT2D eigenvalue weighted by molar-refractivity contribution is -0.108. The number of halogens is 1. The predicted molar refractivity (Wildman–Crippen MR) is 106 cm³/mol. The zero-order chi connectivity index (χ0) is 19.6. The van der Waals surface area contributed by atoms with Gasteiger partial charge in [-0.15, -0.1) is 0 Å². The molecule has 4 N–H and O–H groups in total. The van der Waals surface area contributed by atoms with Gasteiger partial charge in [0, 0.05) is 18.0 Å². The van der Waals surface area contributed by atoms with Crippen LogP contribution in [0, 0.1) is 5.82 Å². The van der Waals surface area contributed by atoms with E-state index in [0.717, 1.165) is 11.1 Å². The monoisotopic (exact) mass is 365 g/mol. The number of hydrogen-bond acceptors (Lipinski definition) is 4. The van der Waals surface area contributed by atoms with Crippen LogP contribution in [0.15, 0.2) is 78.7 Å². The molecule has 0 saturated carbocycles. The van der Waals surface area contributed by atoms with Crippen molar-refractivity contribution < 1.29 is 14.3 Å². The molecule has 0 saturated heterocycles. The number of aliphatic hydroxyl groups is 1. The second kappa shape index (κ2) is 9.72. The maximum atomic E-state index is 13.0. The third kappa shape index (κ3) is 6.62. The standard InChI is InChI=1S/C21H20FN3O2/c1-15(11-20(27)18-6-9-21(23)25-13-18)10-17(12-24-14-26)3-2-16-4-7-19(22)8-5-16/h2-9,11-14,27H,1,10H2,(H2,23,25)(H,24,26)/b3-2-,17-12+,20-11-. The van der Waals surface area contributed by atoms with Gasteiger partial charge in [0.1, 0.15) is 17.4 Å². The fraction of sp³-hybridized carbons (Fsp3) is 0.0476. The molecule has 0 unspecified atom stereocenters. The number of benzene rings is 1. The van der Waals surface area contributed by atoms with Gasteiger partial charge in [-0.3, -0.25) is 4.79 Å². The Kier molecular flexibility index (Phi) is 7.07. The fourth-order valence-corrected chi connectivity index (χ4v) is 2.22. The number of carbonyl (C=O) groups is 1. The van der Waals surface area contributed by atoms with Crippen LogP contribution in [0.4, 0.5) is 10.2 Å². The van der Waals surface area contributed by atoms with E-state index in [2.05, 4.69) is 16.9 Å². The van der Waals surface area contributed by atoms with E-state index in [1.54, 1.807) is 36.4 Å².